The van der Waals surface area contributed by atoms with Gasteiger partial charge in [0.05, 0.1) is 6.04 Å². The molecule has 4 nitrogen and oxygen atoms in total. The van der Waals surface area contributed by atoms with Crippen molar-refractivity contribution in [1.82, 2.24) is 0 Å². The second-order valence-electron chi connectivity index (χ2n) is 2.73. The van der Waals surface area contributed by atoms with Crippen LogP contribution in [0, 0.1) is 6.92 Å². The summed E-state index contributed by atoms with van der Waals surface area (Å²) in [6.07, 6.45) is 0.118. The first kappa shape index (κ1) is 8.80. The first-order chi connectivity index (χ1) is 5.59. The van der Waals surface area contributed by atoms with Crippen molar-refractivity contribution in [2.45, 2.75) is 19.4 Å². The van der Waals surface area contributed by atoms with Crippen molar-refractivity contribution in [2.24, 2.45) is 11.5 Å². The Morgan fingerprint density at radius 1 is 1.67 bits per heavy atom. The van der Waals surface area contributed by atoms with Crippen LogP contribution in [-0.4, -0.2) is 5.91 Å². The van der Waals surface area contributed by atoms with Crippen LogP contribution in [0.25, 0.3) is 0 Å². The molecule has 1 atom stereocenters. The van der Waals surface area contributed by atoms with Crippen LogP contribution in [0.2, 0.25) is 0 Å². The predicted octanol–water partition coefficient (Wildman–Crippen LogP) is 0.463. The average Bonchev–Trinajstić information content (AvgIpc) is 2.34. The summed E-state index contributed by atoms with van der Waals surface area (Å²) < 4.78 is 5.21. The normalized spacial score (nSPS) is 12.8. The van der Waals surface area contributed by atoms with Gasteiger partial charge in [0.1, 0.15) is 11.5 Å². The summed E-state index contributed by atoms with van der Waals surface area (Å²) in [7, 11) is 0. The van der Waals surface area contributed by atoms with Crippen molar-refractivity contribution in [1.29, 1.82) is 0 Å². The van der Waals surface area contributed by atoms with Gasteiger partial charge in [-0.05, 0) is 19.1 Å². The number of nitrogens with two attached hydrogens (primary N) is 2. The fraction of sp³-hybridized carbons (Fsp3) is 0.375. The van der Waals surface area contributed by atoms with E-state index in [-0.39, 0.29) is 6.42 Å². The SMILES string of the molecule is Cc1ccc([C@H](N)CC(N)=O)o1. The highest BCUT2D eigenvalue weighted by atomic mass is 16.3. The van der Waals surface area contributed by atoms with E-state index < -0.39 is 11.9 Å². The molecule has 0 aliphatic rings. The van der Waals surface area contributed by atoms with E-state index in [9.17, 15) is 4.79 Å². The standard InChI is InChI=1S/C8H12N2O2/c1-5-2-3-7(12-5)6(9)4-8(10)11/h2-3,6H,4,9H2,1H3,(H2,10,11)/t6-/m1/s1. The topological polar surface area (TPSA) is 82.2 Å². The molecule has 0 saturated carbocycles. The molecule has 1 rings (SSSR count). The molecular formula is C8H12N2O2. The molecule has 1 aromatic heterocycles. The second-order valence-corrected chi connectivity index (χ2v) is 2.73. The van der Waals surface area contributed by atoms with E-state index in [0.717, 1.165) is 5.76 Å². The number of furan rings is 1. The van der Waals surface area contributed by atoms with Gasteiger partial charge in [0, 0.05) is 6.42 Å². The monoisotopic (exact) mass is 168 g/mol. The Balaban J connectivity index is 2.64. The molecule has 0 aromatic carbocycles. The number of amides is 1. The summed E-state index contributed by atoms with van der Waals surface area (Å²) in [5.74, 6) is 0.966. The minimum atomic E-state index is -0.420. The average molecular weight is 168 g/mol. The Hall–Kier alpha value is -1.29. The van der Waals surface area contributed by atoms with E-state index in [1.807, 2.05) is 6.92 Å². The van der Waals surface area contributed by atoms with Crippen molar-refractivity contribution in [3.8, 4) is 0 Å². The van der Waals surface area contributed by atoms with Crippen LogP contribution in [0.1, 0.15) is 24.0 Å². The smallest absolute Gasteiger partial charge is 0.219 e. The summed E-state index contributed by atoms with van der Waals surface area (Å²) in [6, 6.07) is 3.13. The van der Waals surface area contributed by atoms with Gasteiger partial charge in [0.2, 0.25) is 5.91 Å². The van der Waals surface area contributed by atoms with Gasteiger partial charge in [0.15, 0.2) is 0 Å². The lowest BCUT2D eigenvalue weighted by Crippen LogP contribution is -2.20. The van der Waals surface area contributed by atoms with Gasteiger partial charge >= 0.3 is 0 Å². The van der Waals surface area contributed by atoms with Crippen molar-refractivity contribution in [2.75, 3.05) is 0 Å². The summed E-state index contributed by atoms with van der Waals surface area (Å²) in [6.45, 7) is 1.82. The number of hydrogen-bond acceptors (Lipinski definition) is 3. The van der Waals surface area contributed by atoms with Crippen molar-refractivity contribution in [3.63, 3.8) is 0 Å². The predicted molar refractivity (Wildman–Crippen MR) is 44.2 cm³/mol. The molecule has 0 unspecified atom stereocenters. The number of rotatable bonds is 3. The van der Waals surface area contributed by atoms with Gasteiger partial charge in [-0.1, -0.05) is 0 Å². The molecule has 1 amide bonds. The Morgan fingerprint density at radius 3 is 2.75 bits per heavy atom. The molecule has 0 fully saturated rings. The first-order valence-electron chi connectivity index (χ1n) is 3.70. The lowest BCUT2D eigenvalue weighted by molar-refractivity contribution is -0.118. The third kappa shape index (κ3) is 2.10. The Morgan fingerprint density at radius 2 is 2.33 bits per heavy atom. The van der Waals surface area contributed by atoms with Crippen molar-refractivity contribution < 1.29 is 9.21 Å². The molecule has 1 heterocycles. The minimum absolute atomic E-state index is 0.118. The molecule has 0 aliphatic heterocycles. The third-order valence-electron chi connectivity index (χ3n) is 1.55. The maximum atomic E-state index is 10.5. The van der Waals surface area contributed by atoms with Gasteiger partial charge in [-0.15, -0.1) is 0 Å². The molecule has 0 spiro atoms. The third-order valence-corrected chi connectivity index (χ3v) is 1.55. The summed E-state index contributed by atoms with van der Waals surface area (Å²) in [5, 5.41) is 0. The van der Waals surface area contributed by atoms with Crippen molar-refractivity contribution >= 4 is 5.91 Å². The highest BCUT2D eigenvalue weighted by molar-refractivity contribution is 5.74. The van der Waals surface area contributed by atoms with Crippen LogP contribution in [0.5, 0.6) is 0 Å². The summed E-state index contributed by atoms with van der Waals surface area (Å²) >= 11 is 0. The van der Waals surface area contributed by atoms with E-state index in [1.54, 1.807) is 12.1 Å². The number of carbonyl (C=O) groups is 1. The number of aryl methyl sites for hydroxylation is 1. The molecule has 12 heavy (non-hydrogen) atoms. The van der Waals surface area contributed by atoms with Crippen LogP contribution >= 0.6 is 0 Å². The summed E-state index contributed by atoms with van der Waals surface area (Å²) in [4.78, 5) is 10.5. The molecule has 4 heteroatoms. The maximum Gasteiger partial charge on any atom is 0.219 e. The zero-order valence-electron chi connectivity index (χ0n) is 6.91. The zero-order chi connectivity index (χ0) is 9.14. The Kier molecular flexibility index (Phi) is 2.50. The highest BCUT2D eigenvalue weighted by Crippen LogP contribution is 2.16. The van der Waals surface area contributed by atoms with E-state index in [1.165, 1.54) is 0 Å². The van der Waals surface area contributed by atoms with Crippen LogP contribution in [0.15, 0.2) is 16.5 Å². The van der Waals surface area contributed by atoms with Gasteiger partial charge in [-0.3, -0.25) is 4.79 Å². The molecule has 4 N–H and O–H groups in total. The van der Waals surface area contributed by atoms with Crippen LogP contribution < -0.4 is 11.5 Å². The molecule has 1 aromatic rings. The van der Waals surface area contributed by atoms with Crippen LogP contribution in [0.4, 0.5) is 0 Å². The van der Waals surface area contributed by atoms with Gasteiger partial charge in [-0.2, -0.15) is 0 Å². The van der Waals surface area contributed by atoms with Crippen LogP contribution in [0.3, 0.4) is 0 Å². The van der Waals surface area contributed by atoms with Crippen molar-refractivity contribution in [3.05, 3.63) is 23.7 Å². The van der Waals surface area contributed by atoms with E-state index in [2.05, 4.69) is 0 Å². The quantitative estimate of drug-likeness (QED) is 0.688. The first-order valence-corrected chi connectivity index (χ1v) is 3.70. The lowest BCUT2D eigenvalue weighted by Gasteiger charge is -2.04. The second kappa shape index (κ2) is 3.40. The fourth-order valence-corrected chi connectivity index (χ4v) is 0.970. The highest BCUT2D eigenvalue weighted by Gasteiger charge is 2.12. The fourth-order valence-electron chi connectivity index (χ4n) is 0.970. The molecule has 0 saturated heterocycles. The number of carbonyl (C=O) groups excluding carboxylic acids is 1. The molecule has 0 aliphatic carbocycles. The van der Waals surface area contributed by atoms with E-state index in [4.69, 9.17) is 15.9 Å². The largest absolute Gasteiger partial charge is 0.465 e. The number of hydrogen-bond donors (Lipinski definition) is 2. The Labute approximate surface area is 70.5 Å². The molecule has 0 bridgehead atoms. The number of primary amides is 1. The van der Waals surface area contributed by atoms with Gasteiger partial charge in [-0.25, -0.2) is 0 Å². The molecule has 0 radical (unpaired) electrons. The van der Waals surface area contributed by atoms with E-state index >= 15 is 0 Å². The maximum absolute atomic E-state index is 10.5. The zero-order valence-corrected chi connectivity index (χ0v) is 6.91. The summed E-state index contributed by atoms with van der Waals surface area (Å²) in [5.41, 5.74) is 10.6. The van der Waals surface area contributed by atoms with Crippen LogP contribution in [-0.2, 0) is 4.79 Å². The van der Waals surface area contributed by atoms with Gasteiger partial charge in [0.25, 0.3) is 0 Å². The van der Waals surface area contributed by atoms with Gasteiger partial charge < -0.3 is 15.9 Å². The van der Waals surface area contributed by atoms with E-state index in [0.29, 0.717) is 5.76 Å². The molecule has 66 valence electrons. The Bertz CT molecular complexity index is 280. The minimum Gasteiger partial charge on any atom is -0.465 e. The lowest BCUT2D eigenvalue weighted by atomic mass is 10.2. The molecular weight excluding hydrogens is 156 g/mol.